The second-order valence-corrected chi connectivity index (χ2v) is 8.62. The molecule has 0 radical (unpaired) electrons. The van der Waals surface area contributed by atoms with Gasteiger partial charge in [0.2, 0.25) is 0 Å². The molecular weight excluding hydrogens is 444 g/mol. The molecule has 8 nitrogen and oxygen atoms in total. The Morgan fingerprint density at radius 3 is 1.52 bits per heavy atom. The number of rotatable bonds is 2. The molecule has 6 rings (SSSR count). The molecule has 4 aromatic rings. The molecule has 0 N–H and O–H groups in total. The number of hydrogen-bond acceptors (Lipinski definition) is 6. The summed E-state index contributed by atoms with van der Waals surface area (Å²) in [7, 11) is 3.99. The van der Waals surface area contributed by atoms with Gasteiger partial charge in [0.15, 0.2) is 0 Å². The van der Waals surface area contributed by atoms with E-state index in [-0.39, 0.29) is 12.4 Å². The van der Waals surface area contributed by atoms with Crippen molar-refractivity contribution in [1.82, 2.24) is 9.80 Å². The molecule has 0 atom stereocenters. The van der Waals surface area contributed by atoms with Gasteiger partial charge in [-0.1, -0.05) is 0 Å². The maximum absolute atomic E-state index is 12.9. The highest BCUT2D eigenvalue weighted by molar-refractivity contribution is 6.20. The third-order valence-corrected chi connectivity index (χ3v) is 6.45. The van der Waals surface area contributed by atoms with Gasteiger partial charge >= 0.3 is 11.3 Å². The Bertz CT molecular complexity index is 1450. The Balaban J connectivity index is 0.00000228. The van der Waals surface area contributed by atoms with Crippen molar-refractivity contribution >= 4 is 68.2 Å². The minimum Gasteiger partial charge on any atom is -0.422 e. The Morgan fingerprint density at radius 2 is 1.15 bits per heavy atom. The van der Waals surface area contributed by atoms with Crippen LogP contribution >= 0.6 is 12.4 Å². The molecule has 0 unspecified atom stereocenters. The molecule has 9 heteroatoms. The van der Waals surface area contributed by atoms with Crippen LogP contribution in [0.15, 0.2) is 52.7 Å². The van der Waals surface area contributed by atoms with Crippen LogP contribution < -0.4 is 11.3 Å². The minimum absolute atomic E-state index is 0. The fourth-order valence-corrected chi connectivity index (χ4v) is 4.81. The van der Waals surface area contributed by atoms with Gasteiger partial charge in [-0.05, 0) is 25.0 Å². The molecule has 2 fully saturated rings. The van der Waals surface area contributed by atoms with Crippen molar-refractivity contribution in [3.8, 4) is 0 Å². The van der Waals surface area contributed by atoms with Crippen molar-refractivity contribution in [3.05, 3.63) is 45.1 Å². The van der Waals surface area contributed by atoms with Crippen LogP contribution in [-0.2, 0) is 0 Å². The lowest BCUT2D eigenvalue weighted by Gasteiger charge is -2.13. The molecule has 0 bridgehead atoms. The van der Waals surface area contributed by atoms with Crippen molar-refractivity contribution in [2.45, 2.75) is 25.7 Å². The lowest BCUT2D eigenvalue weighted by atomic mass is 10.0. The molecule has 170 valence electrons. The van der Waals surface area contributed by atoms with Crippen LogP contribution in [0.5, 0.6) is 0 Å². The Labute approximate surface area is 194 Å². The Kier molecular flexibility index (Phi) is 5.12. The van der Waals surface area contributed by atoms with E-state index in [4.69, 9.17) is 18.8 Å². The first-order chi connectivity index (χ1) is 15.5. The van der Waals surface area contributed by atoms with Crippen molar-refractivity contribution < 1.29 is 8.83 Å². The number of likely N-dealkylation sites (tertiary alicyclic amines) is 2. The van der Waals surface area contributed by atoms with Crippen LogP contribution in [0, 0.1) is 0 Å². The average Bonchev–Trinajstić information content (AvgIpc) is 3.35. The largest absolute Gasteiger partial charge is 0.422 e. The van der Waals surface area contributed by atoms with Gasteiger partial charge in [0.05, 0.1) is 22.1 Å². The fraction of sp³-hybridized carbons (Fsp3) is 0.333. The highest BCUT2D eigenvalue weighted by Gasteiger charge is 2.21. The van der Waals surface area contributed by atoms with E-state index in [2.05, 4.69) is 9.80 Å². The predicted molar refractivity (Wildman–Crippen MR) is 132 cm³/mol. The van der Waals surface area contributed by atoms with Gasteiger partial charge in [0.1, 0.15) is 22.8 Å². The Hall–Kier alpha value is -3.39. The van der Waals surface area contributed by atoms with Crippen molar-refractivity contribution in [3.63, 3.8) is 0 Å². The zero-order valence-corrected chi connectivity index (χ0v) is 19.2. The minimum atomic E-state index is -0.484. The summed E-state index contributed by atoms with van der Waals surface area (Å²) >= 11 is 0. The third kappa shape index (κ3) is 3.45. The number of benzene rings is 2. The van der Waals surface area contributed by atoms with Gasteiger partial charge < -0.3 is 18.6 Å². The number of nitrogens with zero attached hydrogens (tertiary/aromatic N) is 4. The van der Waals surface area contributed by atoms with Crippen LogP contribution in [0.2, 0.25) is 0 Å². The maximum atomic E-state index is 12.9. The molecule has 0 saturated carbocycles. The quantitative estimate of drug-likeness (QED) is 0.320. The van der Waals surface area contributed by atoms with E-state index in [1.807, 2.05) is 14.1 Å². The van der Waals surface area contributed by atoms with Gasteiger partial charge in [-0.3, -0.25) is 0 Å². The van der Waals surface area contributed by atoms with E-state index in [0.29, 0.717) is 44.1 Å². The number of amidine groups is 2. The molecule has 2 aromatic carbocycles. The molecule has 2 aromatic heterocycles. The standard InChI is InChI=1S/C24H22N4O4.ClH/c1-27-7-3-5-19(27)25-13-9-15-21-17(11-13)31-24(30)16-10-14(26-20-6-4-8-28(20)2)12-18(22(16)21)32-23(15)29;/h9-12H,3-8H2,1-2H3;1H. The summed E-state index contributed by atoms with van der Waals surface area (Å²) in [6.07, 6.45) is 3.84. The van der Waals surface area contributed by atoms with Gasteiger partial charge in [-0.25, -0.2) is 19.6 Å². The van der Waals surface area contributed by atoms with E-state index >= 15 is 0 Å². The molecular formula is C24H23ClN4O4. The smallest absolute Gasteiger partial charge is 0.344 e. The van der Waals surface area contributed by atoms with Gasteiger partial charge in [0.25, 0.3) is 0 Å². The summed E-state index contributed by atoms with van der Waals surface area (Å²) in [5.41, 5.74) is 0.863. The molecule has 0 spiro atoms. The topological polar surface area (TPSA) is 91.6 Å². The summed E-state index contributed by atoms with van der Waals surface area (Å²) in [6.45, 7) is 1.90. The van der Waals surface area contributed by atoms with E-state index < -0.39 is 11.3 Å². The van der Waals surface area contributed by atoms with E-state index in [0.717, 1.165) is 50.4 Å². The van der Waals surface area contributed by atoms with Crippen LogP contribution in [0.25, 0.3) is 32.7 Å². The lowest BCUT2D eigenvalue weighted by molar-refractivity contribution is 0.549. The van der Waals surface area contributed by atoms with E-state index in [1.54, 1.807) is 24.3 Å². The summed E-state index contributed by atoms with van der Waals surface area (Å²) in [4.78, 5) is 39.4. The van der Waals surface area contributed by atoms with Crippen molar-refractivity contribution in [1.29, 1.82) is 0 Å². The second kappa shape index (κ2) is 7.88. The van der Waals surface area contributed by atoms with Gasteiger partial charge in [0, 0.05) is 62.9 Å². The number of aliphatic imine (C=N–C) groups is 2. The highest BCUT2D eigenvalue weighted by atomic mass is 35.5. The SMILES string of the molecule is CN1CCCC1=Nc1cc2oc(=O)c3cc(N=C4CCCN4C)cc4oc(=O)c(c1)c2c43.Cl. The lowest BCUT2D eigenvalue weighted by Crippen LogP contribution is -2.18. The van der Waals surface area contributed by atoms with E-state index in [1.165, 1.54) is 0 Å². The zero-order valence-electron chi connectivity index (χ0n) is 18.4. The fourth-order valence-electron chi connectivity index (χ4n) is 4.81. The molecule has 33 heavy (non-hydrogen) atoms. The number of hydrogen-bond donors (Lipinski definition) is 0. The first kappa shape index (κ1) is 21.5. The number of halogens is 1. The first-order valence-corrected chi connectivity index (χ1v) is 10.9. The summed E-state index contributed by atoms with van der Waals surface area (Å²) in [6, 6.07) is 6.88. The van der Waals surface area contributed by atoms with Crippen LogP contribution in [0.4, 0.5) is 11.4 Å². The molecule has 4 heterocycles. The predicted octanol–water partition coefficient (Wildman–Crippen LogP) is 4.42. The van der Waals surface area contributed by atoms with Crippen LogP contribution in [0.1, 0.15) is 25.7 Å². The van der Waals surface area contributed by atoms with Crippen LogP contribution in [0.3, 0.4) is 0 Å². The first-order valence-electron chi connectivity index (χ1n) is 10.9. The Morgan fingerprint density at radius 1 is 0.727 bits per heavy atom. The zero-order chi connectivity index (χ0) is 22.0. The van der Waals surface area contributed by atoms with Gasteiger partial charge in [-0.2, -0.15) is 0 Å². The van der Waals surface area contributed by atoms with Crippen molar-refractivity contribution in [2.24, 2.45) is 9.98 Å². The molecule has 0 amide bonds. The third-order valence-electron chi connectivity index (χ3n) is 6.45. The van der Waals surface area contributed by atoms with Crippen LogP contribution in [-0.4, -0.2) is 48.7 Å². The average molecular weight is 467 g/mol. The molecule has 0 aliphatic carbocycles. The molecule has 2 aliphatic rings. The highest BCUT2D eigenvalue weighted by Crippen LogP contribution is 2.36. The van der Waals surface area contributed by atoms with E-state index in [9.17, 15) is 9.59 Å². The van der Waals surface area contributed by atoms with Gasteiger partial charge in [-0.15, -0.1) is 12.4 Å². The monoisotopic (exact) mass is 466 g/mol. The normalized spacial score (nSPS) is 19.1. The maximum Gasteiger partial charge on any atom is 0.344 e. The molecule has 2 saturated heterocycles. The summed E-state index contributed by atoms with van der Waals surface area (Å²) in [5, 5.41) is 1.90. The molecule has 2 aliphatic heterocycles. The van der Waals surface area contributed by atoms with Crippen molar-refractivity contribution in [2.75, 3.05) is 27.2 Å². The summed E-state index contributed by atoms with van der Waals surface area (Å²) < 4.78 is 11.3. The summed E-state index contributed by atoms with van der Waals surface area (Å²) in [5.74, 6) is 1.90. The second-order valence-electron chi connectivity index (χ2n) is 8.62.